The number of guanidine groups is 1. The van der Waals surface area contributed by atoms with Gasteiger partial charge < -0.3 is 11.1 Å². The Morgan fingerprint density at radius 2 is 1.95 bits per heavy atom. The number of fused-ring (bicyclic) bond motifs is 3. The van der Waals surface area contributed by atoms with Gasteiger partial charge in [-0.05, 0) is 47.2 Å². The predicted molar refractivity (Wildman–Crippen MR) is 85.1 cm³/mol. The number of nitrogens with zero attached hydrogens (tertiary/aromatic N) is 1. The van der Waals surface area contributed by atoms with Gasteiger partial charge in [-0.25, -0.2) is 0 Å². The van der Waals surface area contributed by atoms with Crippen LogP contribution in [0.4, 0.5) is 5.69 Å². The average Bonchev–Trinajstić information content (AvgIpc) is 2.82. The molecule has 20 heavy (non-hydrogen) atoms. The summed E-state index contributed by atoms with van der Waals surface area (Å²) in [6.45, 7) is 2.85. The standard InChI is InChI=1S/C17H19N3/c1-2-9-19-17(18)20-14-7-8-16-13(11-14)10-12-5-3-4-6-15(12)16/h3-8,11H,2,9-10H2,1H3,(H3,18,19,20). The minimum absolute atomic E-state index is 0.488. The molecule has 0 radical (unpaired) electrons. The topological polar surface area (TPSA) is 50.4 Å². The Balaban J connectivity index is 1.84. The van der Waals surface area contributed by atoms with Gasteiger partial charge in [0.2, 0.25) is 0 Å². The molecule has 0 unspecified atom stereocenters. The van der Waals surface area contributed by atoms with Crippen molar-refractivity contribution in [2.75, 3.05) is 11.9 Å². The highest BCUT2D eigenvalue weighted by Gasteiger charge is 2.17. The van der Waals surface area contributed by atoms with Crippen LogP contribution in [0.15, 0.2) is 47.5 Å². The molecule has 3 N–H and O–H groups in total. The maximum atomic E-state index is 5.86. The van der Waals surface area contributed by atoms with Gasteiger partial charge in [0.15, 0.2) is 5.96 Å². The van der Waals surface area contributed by atoms with Gasteiger partial charge >= 0.3 is 0 Å². The molecule has 0 saturated heterocycles. The monoisotopic (exact) mass is 265 g/mol. The van der Waals surface area contributed by atoms with Crippen LogP contribution in [-0.2, 0) is 6.42 Å². The number of benzene rings is 2. The highest BCUT2D eigenvalue weighted by atomic mass is 15.1. The molecule has 0 heterocycles. The van der Waals surface area contributed by atoms with Crippen molar-refractivity contribution in [1.29, 1.82) is 0 Å². The van der Waals surface area contributed by atoms with E-state index in [1.165, 1.54) is 22.3 Å². The van der Waals surface area contributed by atoms with Crippen LogP contribution in [0.25, 0.3) is 11.1 Å². The Morgan fingerprint density at radius 3 is 2.80 bits per heavy atom. The molecule has 3 rings (SSSR count). The second kappa shape index (κ2) is 5.37. The molecule has 0 aromatic heterocycles. The third-order valence-electron chi connectivity index (χ3n) is 3.57. The van der Waals surface area contributed by atoms with Crippen LogP contribution >= 0.6 is 0 Å². The highest BCUT2D eigenvalue weighted by molar-refractivity contribution is 5.93. The lowest BCUT2D eigenvalue weighted by atomic mass is 10.1. The first kappa shape index (κ1) is 12.7. The summed E-state index contributed by atoms with van der Waals surface area (Å²) in [5.41, 5.74) is 12.3. The highest BCUT2D eigenvalue weighted by Crippen LogP contribution is 2.37. The molecular formula is C17H19N3. The van der Waals surface area contributed by atoms with E-state index in [9.17, 15) is 0 Å². The van der Waals surface area contributed by atoms with E-state index in [2.05, 4.69) is 59.7 Å². The quantitative estimate of drug-likeness (QED) is 0.563. The van der Waals surface area contributed by atoms with Gasteiger partial charge in [-0.2, -0.15) is 0 Å². The summed E-state index contributed by atoms with van der Waals surface area (Å²) in [7, 11) is 0. The molecular weight excluding hydrogens is 246 g/mol. The smallest absolute Gasteiger partial charge is 0.193 e. The zero-order valence-corrected chi connectivity index (χ0v) is 11.7. The van der Waals surface area contributed by atoms with E-state index in [4.69, 9.17) is 5.73 Å². The first-order valence-corrected chi connectivity index (χ1v) is 7.06. The van der Waals surface area contributed by atoms with Gasteiger partial charge in [-0.15, -0.1) is 0 Å². The first-order chi connectivity index (χ1) is 9.78. The van der Waals surface area contributed by atoms with Gasteiger partial charge in [0, 0.05) is 12.2 Å². The lowest BCUT2D eigenvalue weighted by Gasteiger charge is -2.08. The van der Waals surface area contributed by atoms with Crippen LogP contribution in [0.5, 0.6) is 0 Å². The minimum atomic E-state index is 0.488. The number of hydrogen-bond donors (Lipinski definition) is 2. The van der Waals surface area contributed by atoms with Crippen LogP contribution in [0, 0.1) is 0 Å². The molecule has 0 atom stereocenters. The predicted octanol–water partition coefficient (Wildman–Crippen LogP) is 3.39. The minimum Gasteiger partial charge on any atom is -0.370 e. The van der Waals surface area contributed by atoms with Crippen LogP contribution in [-0.4, -0.2) is 12.5 Å². The number of nitrogens with one attached hydrogen (secondary N) is 1. The Kier molecular flexibility index (Phi) is 3.42. The van der Waals surface area contributed by atoms with E-state index >= 15 is 0 Å². The van der Waals surface area contributed by atoms with E-state index in [0.717, 1.165) is 25.1 Å². The van der Waals surface area contributed by atoms with E-state index in [1.54, 1.807) is 0 Å². The molecule has 102 valence electrons. The first-order valence-electron chi connectivity index (χ1n) is 7.06. The summed E-state index contributed by atoms with van der Waals surface area (Å²) in [6.07, 6.45) is 1.99. The fraction of sp³-hybridized carbons (Fsp3) is 0.235. The fourth-order valence-electron chi connectivity index (χ4n) is 2.64. The second-order valence-electron chi connectivity index (χ2n) is 5.10. The summed E-state index contributed by atoms with van der Waals surface area (Å²) in [4.78, 5) is 4.25. The Morgan fingerprint density at radius 1 is 1.15 bits per heavy atom. The molecule has 3 heteroatoms. The zero-order chi connectivity index (χ0) is 13.9. The molecule has 0 aliphatic heterocycles. The van der Waals surface area contributed by atoms with E-state index in [1.807, 2.05) is 0 Å². The Bertz CT molecular complexity index is 659. The molecule has 1 aliphatic carbocycles. The molecule has 0 amide bonds. The average molecular weight is 265 g/mol. The van der Waals surface area contributed by atoms with Gasteiger partial charge in [-0.1, -0.05) is 37.3 Å². The van der Waals surface area contributed by atoms with Crippen molar-refractivity contribution in [1.82, 2.24) is 0 Å². The molecule has 0 fully saturated rings. The third kappa shape index (κ3) is 2.39. The van der Waals surface area contributed by atoms with Crippen LogP contribution in [0.3, 0.4) is 0 Å². The lowest BCUT2D eigenvalue weighted by Crippen LogP contribution is -2.22. The van der Waals surface area contributed by atoms with Crippen LogP contribution in [0.2, 0.25) is 0 Å². The lowest BCUT2D eigenvalue weighted by molar-refractivity contribution is 0.929. The number of anilines is 1. The maximum absolute atomic E-state index is 5.86. The van der Waals surface area contributed by atoms with Gasteiger partial charge in [0.1, 0.15) is 0 Å². The molecule has 1 aliphatic rings. The summed E-state index contributed by atoms with van der Waals surface area (Å²) in [6, 6.07) is 15.0. The summed E-state index contributed by atoms with van der Waals surface area (Å²) in [5.74, 6) is 0.488. The molecule has 0 spiro atoms. The van der Waals surface area contributed by atoms with Crippen molar-refractivity contribution in [3.05, 3.63) is 53.6 Å². The maximum Gasteiger partial charge on any atom is 0.193 e. The SMILES string of the molecule is CCCN=C(N)Nc1ccc2c(c1)Cc1ccccc1-2. The molecule has 2 aromatic rings. The van der Waals surface area contributed by atoms with Gasteiger partial charge in [-0.3, -0.25) is 4.99 Å². The Hall–Kier alpha value is -2.29. The third-order valence-corrected chi connectivity index (χ3v) is 3.57. The van der Waals surface area contributed by atoms with Gasteiger partial charge in [0.05, 0.1) is 0 Å². The molecule has 2 aromatic carbocycles. The number of aliphatic imine (C=N–C) groups is 1. The van der Waals surface area contributed by atoms with Crippen molar-refractivity contribution in [2.45, 2.75) is 19.8 Å². The Labute approximate surface area is 119 Å². The van der Waals surface area contributed by atoms with Crippen molar-refractivity contribution >= 4 is 11.6 Å². The van der Waals surface area contributed by atoms with Crippen molar-refractivity contribution < 1.29 is 0 Å². The molecule has 3 nitrogen and oxygen atoms in total. The fourth-order valence-corrected chi connectivity index (χ4v) is 2.64. The summed E-state index contributed by atoms with van der Waals surface area (Å²) < 4.78 is 0. The normalized spacial score (nSPS) is 12.9. The summed E-state index contributed by atoms with van der Waals surface area (Å²) in [5, 5.41) is 3.16. The van der Waals surface area contributed by atoms with Crippen LogP contribution < -0.4 is 11.1 Å². The number of rotatable bonds is 3. The van der Waals surface area contributed by atoms with E-state index < -0.39 is 0 Å². The van der Waals surface area contributed by atoms with Crippen molar-refractivity contribution in [3.63, 3.8) is 0 Å². The second-order valence-corrected chi connectivity index (χ2v) is 5.10. The molecule has 0 bridgehead atoms. The van der Waals surface area contributed by atoms with Crippen molar-refractivity contribution in [3.8, 4) is 11.1 Å². The number of nitrogens with two attached hydrogens (primary N) is 1. The van der Waals surface area contributed by atoms with Crippen LogP contribution in [0.1, 0.15) is 24.5 Å². The van der Waals surface area contributed by atoms with E-state index in [-0.39, 0.29) is 0 Å². The van der Waals surface area contributed by atoms with Crippen molar-refractivity contribution in [2.24, 2.45) is 10.7 Å². The van der Waals surface area contributed by atoms with E-state index in [0.29, 0.717) is 5.96 Å². The summed E-state index contributed by atoms with van der Waals surface area (Å²) >= 11 is 0. The number of hydrogen-bond acceptors (Lipinski definition) is 1. The van der Waals surface area contributed by atoms with Gasteiger partial charge in [0.25, 0.3) is 0 Å². The molecule has 0 saturated carbocycles. The largest absolute Gasteiger partial charge is 0.370 e. The zero-order valence-electron chi connectivity index (χ0n) is 11.7.